The summed E-state index contributed by atoms with van der Waals surface area (Å²) < 4.78 is 6.08. The molecule has 0 atom stereocenters. The largest absolute Gasteiger partial charge is 0.493 e. The van der Waals surface area contributed by atoms with E-state index in [9.17, 15) is 9.90 Å². The highest BCUT2D eigenvalue weighted by atomic mass is 16.5. The Balaban J connectivity index is 1.46. The highest BCUT2D eigenvalue weighted by molar-refractivity contribution is 5.95. The zero-order valence-electron chi connectivity index (χ0n) is 22.4. The number of hydrogen-bond acceptors (Lipinski definition) is 3. The van der Waals surface area contributed by atoms with Gasteiger partial charge in [-0.05, 0) is 67.0 Å². The number of carbonyl (C=O) groups excluding carboxylic acids is 1. The van der Waals surface area contributed by atoms with Crippen LogP contribution in [0.2, 0.25) is 0 Å². The molecule has 1 N–H and O–H groups in total. The van der Waals surface area contributed by atoms with Crippen LogP contribution in [0.1, 0.15) is 86.7 Å². The van der Waals surface area contributed by atoms with Gasteiger partial charge in [0.2, 0.25) is 0 Å². The molecule has 1 aliphatic carbocycles. The number of ether oxygens (including phenoxy) is 1. The van der Waals surface area contributed by atoms with Crippen molar-refractivity contribution < 1.29 is 14.6 Å². The highest BCUT2D eigenvalue weighted by Crippen LogP contribution is 2.41. The zero-order chi connectivity index (χ0) is 26.1. The number of aliphatic hydroxyl groups is 1. The van der Waals surface area contributed by atoms with Crippen LogP contribution in [0.15, 0.2) is 72.8 Å². The molecule has 1 amide bonds. The molecule has 0 saturated heterocycles. The maximum Gasteiger partial charge on any atom is 0.256 e. The standard InChI is InChI=1S/C33H41NO3/c1-3-5-7-10-24-37-31-13-9-8-12-30(31)25-34(33(36)22-23-33)32(35)29-20-18-28(19-21-29)27-16-14-26(15-17-27)11-6-4-2/h8-9,12-21,36H,3-7,10-11,22-25H2,1-2H3. The monoisotopic (exact) mass is 499 g/mol. The Morgan fingerprint density at radius 3 is 2.14 bits per heavy atom. The third kappa shape index (κ3) is 7.23. The Kier molecular flexibility index (Phi) is 9.40. The molecule has 37 heavy (non-hydrogen) atoms. The average Bonchev–Trinajstić information content (AvgIpc) is 3.69. The zero-order valence-corrected chi connectivity index (χ0v) is 22.4. The van der Waals surface area contributed by atoms with Crippen molar-refractivity contribution in [1.29, 1.82) is 0 Å². The van der Waals surface area contributed by atoms with Gasteiger partial charge >= 0.3 is 0 Å². The molecular weight excluding hydrogens is 458 g/mol. The Bertz CT molecular complexity index is 1130. The van der Waals surface area contributed by atoms with Crippen LogP contribution in [-0.2, 0) is 13.0 Å². The summed E-state index contributed by atoms with van der Waals surface area (Å²) >= 11 is 0. The summed E-state index contributed by atoms with van der Waals surface area (Å²) in [7, 11) is 0. The molecule has 0 aromatic heterocycles. The maximum absolute atomic E-state index is 13.6. The number of aryl methyl sites for hydroxylation is 1. The molecule has 4 rings (SSSR count). The van der Waals surface area contributed by atoms with Gasteiger partial charge in [0.25, 0.3) is 5.91 Å². The van der Waals surface area contributed by atoms with Crippen LogP contribution in [0.4, 0.5) is 0 Å². The molecule has 0 unspecified atom stereocenters. The smallest absolute Gasteiger partial charge is 0.256 e. The topological polar surface area (TPSA) is 49.8 Å². The number of rotatable bonds is 14. The second-order valence-corrected chi connectivity index (χ2v) is 10.3. The fourth-order valence-corrected chi connectivity index (χ4v) is 4.65. The number of para-hydroxylation sites is 1. The lowest BCUT2D eigenvalue weighted by atomic mass is 10.0. The summed E-state index contributed by atoms with van der Waals surface area (Å²) in [6, 6.07) is 24.3. The minimum atomic E-state index is -1.09. The van der Waals surface area contributed by atoms with Crippen molar-refractivity contribution in [3.05, 3.63) is 89.5 Å². The van der Waals surface area contributed by atoms with Gasteiger partial charge in [0.1, 0.15) is 11.5 Å². The van der Waals surface area contributed by atoms with Gasteiger partial charge in [-0.15, -0.1) is 0 Å². The second kappa shape index (κ2) is 12.9. The van der Waals surface area contributed by atoms with Crippen molar-refractivity contribution in [2.75, 3.05) is 6.61 Å². The van der Waals surface area contributed by atoms with Crippen LogP contribution in [0.25, 0.3) is 11.1 Å². The van der Waals surface area contributed by atoms with Crippen molar-refractivity contribution in [2.45, 2.75) is 83.9 Å². The fourth-order valence-electron chi connectivity index (χ4n) is 4.65. The number of amides is 1. The minimum absolute atomic E-state index is 0.154. The summed E-state index contributed by atoms with van der Waals surface area (Å²) in [5.74, 6) is 0.637. The normalized spacial score (nSPS) is 13.8. The lowest BCUT2D eigenvalue weighted by Crippen LogP contribution is -2.41. The SMILES string of the molecule is CCCCCCOc1ccccc1CN(C(=O)c1ccc(-c2ccc(CCCC)cc2)cc1)C1(O)CC1. The number of hydrogen-bond donors (Lipinski definition) is 1. The van der Waals surface area contributed by atoms with Gasteiger partial charge in [0, 0.05) is 11.1 Å². The van der Waals surface area contributed by atoms with Crippen LogP contribution < -0.4 is 4.74 Å². The van der Waals surface area contributed by atoms with Crippen LogP contribution in [0.3, 0.4) is 0 Å². The Hall–Kier alpha value is -3.11. The van der Waals surface area contributed by atoms with E-state index in [1.807, 2.05) is 48.5 Å². The van der Waals surface area contributed by atoms with E-state index >= 15 is 0 Å². The van der Waals surface area contributed by atoms with E-state index in [-0.39, 0.29) is 5.91 Å². The van der Waals surface area contributed by atoms with Crippen LogP contribution in [0, 0.1) is 0 Å². The average molecular weight is 500 g/mol. The van der Waals surface area contributed by atoms with E-state index in [1.165, 1.54) is 31.2 Å². The summed E-state index contributed by atoms with van der Waals surface area (Å²) in [4.78, 5) is 15.2. The lowest BCUT2D eigenvalue weighted by molar-refractivity contribution is -0.0150. The molecule has 0 spiro atoms. The first-order valence-corrected chi connectivity index (χ1v) is 14.0. The molecule has 196 valence electrons. The van der Waals surface area contributed by atoms with Crippen LogP contribution >= 0.6 is 0 Å². The number of carbonyl (C=O) groups is 1. The second-order valence-electron chi connectivity index (χ2n) is 10.3. The minimum Gasteiger partial charge on any atom is -0.493 e. The predicted molar refractivity (Wildman–Crippen MR) is 151 cm³/mol. The van der Waals surface area contributed by atoms with E-state index in [0.717, 1.165) is 41.7 Å². The molecule has 0 heterocycles. The first-order chi connectivity index (χ1) is 18.0. The molecule has 4 nitrogen and oxygen atoms in total. The van der Waals surface area contributed by atoms with Crippen molar-refractivity contribution in [3.63, 3.8) is 0 Å². The molecule has 0 radical (unpaired) electrons. The molecule has 3 aromatic rings. The van der Waals surface area contributed by atoms with Crippen LogP contribution in [-0.4, -0.2) is 28.2 Å². The molecule has 1 aliphatic rings. The third-order valence-corrected chi connectivity index (χ3v) is 7.24. The molecule has 0 bridgehead atoms. The van der Waals surface area contributed by atoms with E-state index in [2.05, 4.69) is 38.1 Å². The van der Waals surface area contributed by atoms with Gasteiger partial charge in [-0.2, -0.15) is 0 Å². The molecule has 3 aromatic carbocycles. The van der Waals surface area contributed by atoms with Gasteiger partial charge in [0.15, 0.2) is 0 Å². The predicted octanol–water partition coefficient (Wildman–Crippen LogP) is 7.78. The number of unbranched alkanes of at least 4 members (excludes halogenated alkanes) is 4. The van der Waals surface area contributed by atoms with E-state index in [4.69, 9.17) is 4.74 Å². The summed E-state index contributed by atoms with van der Waals surface area (Å²) in [5, 5.41) is 11.0. The van der Waals surface area contributed by atoms with Gasteiger partial charge < -0.3 is 14.7 Å². The number of benzene rings is 3. The van der Waals surface area contributed by atoms with E-state index in [1.54, 1.807) is 4.90 Å². The summed E-state index contributed by atoms with van der Waals surface area (Å²) in [5.41, 5.74) is 4.00. The van der Waals surface area contributed by atoms with E-state index < -0.39 is 5.72 Å². The molecule has 4 heteroatoms. The fraction of sp³-hybridized carbons (Fsp3) is 0.424. The molecule has 1 saturated carbocycles. The van der Waals surface area contributed by atoms with Gasteiger partial charge in [-0.1, -0.05) is 94.1 Å². The maximum atomic E-state index is 13.6. The van der Waals surface area contributed by atoms with Gasteiger partial charge in [-0.3, -0.25) is 4.79 Å². The van der Waals surface area contributed by atoms with Crippen molar-refractivity contribution in [3.8, 4) is 16.9 Å². The van der Waals surface area contributed by atoms with E-state index in [0.29, 0.717) is 31.6 Å². The molecular formula is C33H41NO3. The molecule has 0 aliphatic heterocycles. The first kappa shape index (κ1) is 26.9. The van der Waals surface area contributed by atoms with Crippen molar-refractivity contribution >= 4 is 5.91 Å². The number of nitrogens with zero attached hydrogens (tertiary/aromatic N) is 1. The Morgan fingerprint density at radius 1 is 0.838 bits per heavy atom. The van der Waals surface area contributed by atoms with Gasteiger partial charge in [-0.25, -0.2) is 0 Å². The first-order valence-electron chi connectivity index (χ1n) is 14.0. The van der Waals surface area contributed by atoms with Crippen LogP contribution in [0.5, 0.6) is 5.75 Å². The summed E-state index contributed by atoms with van der Waals surface area (Å²) in [6.07, 6.45) is 9.28. The Labute approximate surface area is 222 Å². The third-order valence-electron chi connectivity index (χ3n) is 7.24. The van der Waals surface area contributed by atoms with Gasteiger partial charge in [0.05, 0.1) is 13.2 Å². The van der Waals surface area contributed by atoms with Crippen molar-refractivity contribution in [1.82, 2.24) is 4.90 Å². The Morgan fingerprint density at radius 2 is 1.49 bits per heavy atom. The van der Waals surface area contributed by atoms with Crippen molar-refractivity contribution in [2.24, 2.45) is 0 Å². The lowest BCUT2D eigenvalue weighted by Gasteiger charge is -2.29. The quantitative estimate of drug-likeness (QED) is 0.182. The summed E-state index contributed by atoms with van der Waals surface area (Å²) in [6.45, 7) is 5.39. The highest BCUT2D eigenvalue weighted by Gasteiger charge is 2.49. The molecule has 1 fully saturated rings.